The van der Waals surface area contributed by atoms with Crippen molar-refractivity contribution in [2.75, 3.05) is 13.2 Å². The van der Waals surface area contributed by atoms with Crippen molar-refractivity contribution in [2.24, 2.45) is 0 Å². The molecule has 2 heterocycles. The van der Waals surface area contributed by atoms with Crippen LogP contribution in [0.3, 0.4) is 0 Å². The number of carbonyl (C=O) groups excluding carboxylic acids is 1. The molecule has 1 aliphatic rings. The third-order valence-electron chi connectivity index (χ3n) is 4.43. The summed E-state index contributed by atoms with van der Waals surface area (Å²) in [7, 11) is 0. The summed E-state index contributed by atoms with van der Waals surface area (Å²) in [5.74, 6) is 0.179. The fourth-order valence-electron chi connectivity index (χ4n) is 3.32. The summed E-state index contributed by atoms with van der Waals surface area (Å²) >= 11 is 0. The van der Waals surface area contributed by atoms with Gasteiger partial charge in [-0.1, -0.05) is 18.2 Å². The lowest BCUT2D eigenvalue weighted by molar-refractivity contribution is -0.134. The Morgan fingerprint density at radius 2 is 2.19 bits per heavy atom. The van der Waals surface area contributed by atoms with Crippen LogP contribution in [0.5, 0.6) is 0 Å². The standard InChI is InChI=1S/C17H22N2O2/c20-10-8-14-5-3-4-9-19(14)17(21)11-13-12-18-16-7-2-1-6-15(13)16/h1-2,6-7,12,14,18,20H,3-5,8-11H2. The highest BCUT2D eigenvalue weighted by molar-refractivity contribution is 5.89. The number of rotatable bonds is 4. The predicted octanol–water partition coefficient (Wildman–Crippen LogP) is 2.47. The first-order valence-corrected chi connectivity index (χ1v) is 7.75. The molecule has 0 aliphatic carbocycles. The van der Waals surface area contributed by atoms with Crippen LogP contribution in [-0.4, -0.2) is 40.1 Å². The predicted molar refractivity (Wildman–Crippen MR) is 83.1 cm³/mol. The molecule has 0 radical (unpaired) electrons. The number of benzene rings is 1. The number of para-hydroxylation sites is 1. The van der Waals surface area contributed by atoms with Gasteiger partial charge in [-0.25, -0.2) is 0 Å². The van der Waals surface area contributed by atoms with E-state index in [-0.39, 0.29) is 18.6 Å². The van der Waals surface area contributed by atoms with Crippen molar-refractivity contribution in [3.05, 3.63) is 36.0 Å². The Hall–Kier alpha value is -1.81. The van der Waals surface area contributed by atoms with Gasteiger partial charge >= 0.3 is 0 Å². The number of aliphatic hydroxyl groups excluding tert-OH is 1. The van der Waals surface area contributed by atoms with Gasteiger partial charge in [-0.3, -0.25) is 4.79 Å². The summed E-state index contributed by atoms with van der Waals surface area (Å²) in [4.78, 5) is 17.8. The number of aromatic amines is 1. The average Bonchev–Trinajstić information content (AvgIpc) is 2.91. The lowest BCUT2D eigenvalue weighted by Gasteiger charge is -2.35. The van der Waals surface area contributed by atoms with Gasteiger partial charge in [0.1, 0.15) is 0 Å². The van der Waals surface area contributed by atoms with Crippen LogP contribution in [0.25, 0.3) is 10.9 Å². The summed E-state index contributed by atoms with van der Waals surface area (Å²) in [6, 6.07) is 8.28. The lowest BCUT2D eigenvalue weighted by Crippen LogP contribution is -2.44. The summed E-state index contributed by atoms with van der Waals surface area (Å²) in [6.45, 7) is 0.980. The minimum atomic E-state index is 0.154. The maximum atomic E-state index is 12.6. The number of aromatic nitrogens is 1. The molecule has 4 nitrogen and oxygen atoms in total. The second-order valence-electron chi connectivity index (χ2n) is 5.79. The molecule has 0 saturated carbocycles. The first kappa shape index (κ1) is 14.1. The highest BCUT2D eigenvalue weighted by atomic mass is 16.3. The van der Waals surface area contributed by atoms with E-state index in [9.17, 15) is 9.90 Å². The quantitative estimate of drug-likeness (QED) is 0.907. The summed E-state index contributed by atoms with van der Waals surface area (Å²) in [6.07, 6.45) is 6.31. The molecule has 1 atom stereocenters. The molecule has 21 heavy (non-hydrogen) atoms. The van der Waals surface area contributed by atoms with Gasteiger partial charge in [0.2, 0.25) is 5.91 Å². The zero-order chi connectivity index (χ0) is 14.7. The number of likely N-dealkylation sites (tertiary alicyclic amines) is 1. The largest absolute Gasteiger partial charge is 0.396 e. The average molecular weight is 286 g/mol. The van der Waals surface area contributed by atoms with Gasteiger partial charge in [-0.15, -0.1) is 0 Å². The van der Waals surface area contributed by atoms with Crippen LogP contribution in [0.1, 0.15) is 31.2 Å². The van der Waals surface area contributed by atoms with Crippen LogP contribution in [0.2, 0.25) is 0 Å². The molecule has 1 fully saturated rings. The summed E-state index contributed by atoms with van der Waals surface area (Å²) < 4.78 is 0. The van der Waals surface area contributed by atoms with Crippen molar-refractivity contribution in [3.63, 3.8) is 0 Å². The van der Waals surface area contributed by atoms with Crippen molar-refractivity contribution >= 4 is 16.8 Å². The topological polar surface area (TPSA) is 56.3 Å². The SMILES string of the molecule is O=C(Cc1c[nH]c2ccccc12)N1CCCCC1CCO. The molecule has 1 amide bonds. The molecule has 1 aliphatic heterocycles. The van der Waals surface area contributed by atoms with E-state index in [2.05, 4.69) is 11.1 Å². The first-order chi connectivity index (χ1) is 10.3. The molecule has 0 spiro atoms. The van der Waals surface area contributed by atoms with E-state index in [1.54, 1.807) is 0 Å². The fraction of sp³-hybridized carbons (Fsp3) is 0.471. The molecule has 112 valence electrons. The van der Waals surface area contributed by atoms with Crippen LogP contribution in [0, 0.1) is 0 Å². The highest BCUT2D eigenvalue weighted by Gasteiger charge is 2.26. The number of fused-ring (bicyclic) bond motifs is 1. The molecule has 1 saturated heterocycles. The minimum absolute atomic E-state index is 0.154. The third-order valence-corrected chi connectivity index (χ3v) is 4.43. The molecular weight excluding hydrogens is 264 g/mol. The zero-order valence-corrected chi connectivity index (χ0v) is 12.2. The van der Waals surface area contributed by atoms with E-state index in [4.69, 9.17) is 0 Å². The van der Waals surface area contributed by atoms with Crippen LogP contribution in [-0.2, 0) is 11.2 Å². The summed E-state index contributed by atoms with van der Waals surface area (Å²) in [5.41, 5.74) is 2.13. The Kier molecular flexibility index (Phi) is 4.25. The van der Waals surface area contributed by atoms with Gasteiger partial charge in [0, 0.05) is 36.3 Å². The van der Waals surface area contributed by atoms with Crippen molar-refractivity contribution in [2.45, 2.75) is 38.1 Å². The van der Waals surface area contributed by atoms with E-state index in [1.165, 1.54) is 0 Å². The number of hydrogen-bond acceptors (Lipinski definition) is 2. The normalized spacial score (nSPS) is 19.1. The molecule has 1 unspecified atom stereocenters. The number of nitrogens with one attached hydrogen (secondary N) is 1. The van der Waals surface area contributed by atoms with Crippen molar-refractivity contribution < 1.29 is 9.90 Å². The first-order valence-electron chi connectivity index (χ1n) is 7.75. The van der Waals surface area contributed by atoms with Gasteiger partial charge < -0.3 is 15.0 Å². The van der Waals surface area contributed by atoms with E-state index in [0.717, 1.165) is 42.3 Å². The number of piperidine rings is 1. The Labute approximate surface area is 124 Å². The smallest absolute Gasteiger partial charge is 0.227 e. The third kappa shape index (κ3) is 2.95. The van der Waals surface area contributed by atoms with E-state index in [0.29, 0.717) is 12.8 Å². The Morgan fingerprint density at radius 3 is 3.05 bits per heavy atom. The molecule has 1 aromatic heterocycles. The van der Waals surface area contributed by atoms with Gasteiger partial charge in [0.25, 0.3) is 0 Å². The molecule has 0 bridgehead atoms. The van der Waals surface area contributed by atoms with E-state index < -0.39 is 0 Å². The summed E-state index contributed by atoms with van der Waals surface area (Å²) in [5, 5.41) is 10.3. The monoisotopic (exact) mass is 286 g/mol. The van der Waals surface area contributed by atoms with Crippen LogP contribution < -0.4 is 0 Å². The Morgan fingerprint density at radius 1 is 1.33 bits per heavy atom. The zero-order valence-electron chi connectivity index (χ0n) is 12.2. The van der Waals surface area contributed by atoms with Gasteiger partial charge in [0.05, 0.1) is 6.42 Å². The second kappa shape index (κ2) is 6.31. The highest BCUT2D eigenvalue weighted by Crippen LogP contribution is 2.23. The number of nitrogens with zero attached hydrogens (tertiary/aromatic N) is 1. The lowest BCUT2D eigenvalue weighted by atomic mass is 9.98. The van der Waals surface area contributed by atoms with E-state index >= 15 is 0 Å². The van der Waals surface area contributed by atoms with Gasteiger partial charge in [-0.2, -0.15) is 0 Å². The molecule has 1 aromatic carbocycles. The Bertz CT molecular complexity index is 618. The molecule has 3 rings (SSSR count). The van der Waals surface area contributed by atoms with Gasteiger partial charge in [-0.05, 0) is 37.3 Å². The molecule has 4 heteroatoms. The Balaban J connectivity index is 1.75. The minimum Gasteiger partial charge on any atom is -0.396 e. The van der Waals surface area contributed by atoms with E-state index in [1.807, 2.05) is 29.3 Å². The molecular formula is C17H22N2O2. The van der Waals surface area contributed by atoms with Crippen LogP contribution in [0.15, 0.2) is 30.5 Å². The maximum Gasteiger partial charge on any atom is 0.227 e. The number of aliphatic hydroxyl groups is 1. The number of H-pyrrole nitrogens is 1. The number of hydrogen-bond donors (Lipinski definition) is 2. The van der Waals surface area contributed by atoms with Crippen molar-refractivity contribution in [1.82, 2.24) is 9.88 Å². The molecule has 2 aromatic rings. The number of amides is 1. The second-order valence-corrected chi connectivity index (χ2v) is 5.79. The van der Waals surface area contributed by atoms with Crippen LogP contribution in [0.4, 0.5) is 0 Å². The van der Waals surface area contributed by atoms with Crippen LogP contribution >= 0.6 is 0 Å². The maximum absolute atomic E-state index is 12.6. The molecule has 2 N–H and O–H groups in total. The number of carbonyl (C=O) groups is 1. The van der Waals surface area contributed by atoms with Crippen molar-refractivity contribution in [3.8, 4) is 0 Å². The van der Waals surface area contributed by atoms with Gasteiger partial charge in [0.15, 0.2) is 0 Å². The van der Waals surface area contributed by atoms with Crippen molar-refractivity contribution in [1.29, 1.82) is 0 Å². The fourth-order valence-corrected chi connectivity index (χ4v) is 3.32.